The molecule has 7 rings (SSSR count). The van der Waals surface area contributed by atoms with Crippen LogP contribution in [0.1, 0.15) is 78.4 Å². The molecule has 1 fully saturated rings. The Morgan fingerprint density at radius 1 is 0.565 bits per heavy atom. The predicted molar refractivity (Wildman–Crippen MR) is 200 cm³/mol. The van der Waals surface area contributed by atoms with Crippen molar-refractivity contribution in [2.45, 2.75) is 78.4 Å². The lowest BCUT2D eigenvalue weighted by Crippen LogP contribution is -2.41. The highest BCUT2D eigenvalue weighted by Gasteiger charge is 2.52. The summed E-state index contributed by atoms with van der Waals surface area (Å²) in [6.07, 6.45) is 3.95. The monoisotopic (exact) mass is 676 g/mol. The number of aromatic amines is 2. The van der Waals surface area contributed by atoms with E-state index in [0.29, 0.717) is 11.8 Å². The number of hydrogen-bond donors (Lipinski definition) is 2. The van der Waals surface area contributed by atoms with Gasteiger partial charge in [-0.25, -0.2) is 0 Å². The molecular formula is C40H46BBrN2O2. The molecule has 1 aliphatic rings. The van der Waals surface area contributed by atoms with E-state index in [1.165, 1.54) is 37.6 Å². The van der Waals surface area contributed by atoms with Gasteiger partial charge in [0.1, 0.15) is 0 Å². The first-order valence-electron chi connectivity index (χ1n) is 16.2. The Labute approximate surface area is 283 Å². The Hall–Kier alpha value is -3.58. The van der Waals surface area contributed by atoms with Crippen LogP contribution < -0.4 is 5.46 Å². The fourth-order valence-electron chi connectivity index (χ4n) is 5.79. The van der Waals surface area contributed by atoms with E-state index in [0.717, 1.165) is 16.4 Å². The quantitative estimate of drug-likeness (QED) is 0.183. The van der Waals surface area contributed by atoms with Crippen molar-refractivity contribution >= 4 is 50.3 Å². The zero-order valence-electron chi connectivity index (χ0n) is 28.3. The van der Waals surface area contributed by atoms with Gasteiger partial charge in [0.15, 0.2) is 0 Å². The van der Waals surface area contributed by atoms with Gasteiger partial charge < -0.3 is 19.3 Å². The third-order valence-corrected chi connectivity index (χ3v) is 9.85. The van der Waals surface area contributed by atoms with Crippen LogP contribution in [0.4, 0.5) is 0 Å². The van der Waals surface area contributed by atoms with Gasteiger partial charge in [0, 0.05) is 33.3 Å². The molecule has 6 aromatic rings. The summed E-state index contributed by atoms with van der Waals surface area (Å²) >= 11 is 3.50. The maximum absolute atomic E-state index is 6.09. The lowest BCUT2D eigenvalue weighted by Gasteiger charge is -2.32. The van der Waals surface area contributed by atoms with E-state index >= 15 is 0 Å². The number of aromatic nitrogens is 2. The number of nitrogens with one attached hydrogen (secondary N) is 2. The zero-order valence-corrected chi connectivity index (χ0v) is 29.9. The van der Waals surface area contributed by atoms with E-state index in [9.17, 15) is 0 Å². The minimum atomic E-state index is -0.297. The van der Waals surface area contributed by atoms with Crippen molar-refractivity contribution in [3.8, 4) is 11.1 Å². The van der Waals surface area contributed by atoms with E-state index in [4.69, 9.17) is 9.31 Å². The second-order valence-corrected chi connectivity index (χ2v) is 14.4. The lowest BCUT2D eigenvalue weighted by molar-refractivity contribution is 0.00578. The molecule has 1 saturated heterocycles. The molecule has 0 amide bonds. The summed E-state index contributed by atoms with van der Waals surface area (Å²) in [5.74, 6) is 1.14. The maximum Gasteiger partial charge on any atom is 0.495 e. The number of benzene rings is 4. The average Bonchev–Trinajstić information content (AvgIpc) is 3.75. The van der Waals surface area contributed by atoms with Gasteiger partial charge in [0.25, 0.3) is 0 Å². The van der Waals surface area contributed by atoms with Gasteiger partial charge in [0.05, 0.1) is 11.2 Å². The van der Waals surface area contributed by atoms with Crippen molar-refractivity contribution in [1.82, 2.24) is 9.97 Å². The van der Waals surface area contributed by atoms with Crippen LogP contribution in [0.15, 0.2) is 114 Å². The Bertz CT molecular complexity index is 1890. The van der Waals surface area contributed by atoms with Crippen LogP contribution in [0, 0.1) is 0 Å². The summed E-state index contributed by atoms with van der Waals surface area (Å²) in [5.41, 5.74) is 8.26. The summed E-state index contributed by atoms with van der Waals surface area (Å²) in [4.78, 5) is 6.49. The first-order valence-corrected chi connectivity index (χ1v) is 17.0. The molecule has 0 radical (unpaired) electrons. The topological polar surface area (TPSA) is 50.0 Å². The molecule has 2 N–H and O–H groups in total. The largest absolute Gasteiger partial charge is 0.495 e. The number of rotatable bonds is 4. The van der Waals surface area contributed by atoms with E-state index in [1.807, 2.05) is 24.5 Å². The highest BCUT2D eigenvalue weighted by atomic mass is 79.9. The maximum atomic E-state index is 6.09. The Balaban J connectivity index is 0.000000142. The summed E-state index contributed by atoms with van der Waals surface area (Å²) < 4.78 is 13.4. The zero-order chi connectivity index (χ0) is 33.1. The third-order valence-electron chi connectivity index (χ3n) is 9.13. The Morgan fingerprint density at radius 3 is 1.65 bits per heavy atom. The number of hydrogen-bond acceptors (Lipinski definition) is 2. The number of H-pyrrole nitrogens is 2. The van der Waals surface area contributed by atoms with Crippen LogP contribution >= 0.6 is 15.9 Å². The van der Waals surface area contributed by atoms with Crippen LogP contribution in [0.5, 0.6) is 0 Å². The Morgan fingerprint density at radius 2 is 1.07 bits per heavy atom. The van der Waals surface area contributed by atoms with E-state index in [2.05, 4.69) is 166 Å². The lowest BCUT2D eigenvalue weighted by atomic mass is 9.77. The fraction of sp³-hybridized carbons (Fsp3) is 0.300. The highest BCUT2D eigenvalue weighted by molar-refractivity contribution is 9.10. The summed E-state index contributed by atoms with van der Waals surface area (Å²) in [7, 11) is -0.297. The van der Waals surface area contributed by atoms with Gasteiger partial charge in [-0.1, -0.05) is 110 Å². The van der Waals surface area contributed by atoms with Gasteiger partial charge in [-0.2, -0.15) is 0 Å². The molecule has 4 nitrogen and oxygen atoms in total. The smallest absolute Gasteiger partial charge is 0.399 e. The fourth-order valence-corrected chi connectivity index (χ4v) is 6.54. The van der Waals surface area contributed by atoms with Crippen molar-refractivity contribution in [1.29, 1.82) is 0 Å². The molecule has 1 aliphatic heterocycles. The van der Waals surface area contributed by atoms with E-state index in [-0.39, 0.29) is 18.3 Å². The van der Waals surface area contributed by atoms with Gasteiger partial charge in [-0.3, -0.25) is 0 Å². The van der Waals surface area contributed by atoms with Crippen molar-refractivity contribution < 1.29 is 9.31 Å². The first-order chi connectivity index (χ1) is 21.9. The molecule has 0 unspecified atom stereocenters. The summed E-state index contributed by atoms with van der Waals surface area (Å²) in [5, 5.41) is 2.46. The van der Waals surface area contributed by atoms with Crippen molar-refractivity contribution in [2.24, 2.45) is 0 Å². The molecule has 6 heteroatoms. The summed E-state index contributed by atoms with van der Waals surface area (Å²) in [6, 6.07) is 33.8. The van der Waals surface area contributed by atoms with Crippen LogP contribution in [0.2, 0.25) is 0 Å². The van der Waals surface area contributed by atoms with Gasteiger partial charge >= 0.3 is 7.12 Å². The van der Waals surface area contributed by atoms with Crippen LogP contribution in [0.25, 0.3) is 32.9 Å². The molecule has 0 atom stereocenters. The number of halogens is 1. The van der Waals surface area contributed by atoms with E-state index in [1.54, 1.807) is 0 Å². The van der Waals surface area contributed by atoms with Gasteiger partial charge in [-0.05, 0) is 103 Å². The SMILES string of the molecule is CC(C)c1ccccc1-c1cccc2[nH]ccc12.CC(C)c1ccccc1Br.CC1(C)OB(c2cccc3[nH]ccc23)OC1(C)C. The van der Waals surface area contributed by atoms with Crippen LogP contribution in [-0.2, 0) is 9.31 Å². The van der Waals surface area contributed by atoms with Crippen LogP contribution in [-0.4, -0.2) is 28.3 Å². The summed E-state index contributed by atoms with van der Waals surface area (Å²) in [6.45, 7) is 17.2. The van der Waals surface area contributed by atoms with Gasteiger partial charge in [-0.15, -0.1) is 0 Å². The standard InChI is InChI=1S/C17H17N.C14H18BNO2.C9H11Br/c1-12(2)13-6-3-4-7-14(13)15-8-5-9-17-16(15)10-11-18-17;1-13(2)14(3,4)18-15(17-13)11-6-5-7-12-10(11)8-9-16-12;1-7(2)8-5-3-4-6-9(8)10/h3-12,18H,1-2H3;5-9,16H,1-4H3;3-7H,1-2H3. The molecule has 0 saturated carbocycles. The molecule has 46 heavy (non-hydrogen) atoms. The average molecular weight is 678 g/mol. The van der Waals surface area contributed by atoms with E-state index < -0.39 is 0 Å². The van der Waals surface area contributed by atoms with Crippen molar-refractivity contribution in [3.05, 3.63) is 125 Å². The minimum Gasteiger partial charge on any atom is -0.399 e. The molecule has 2 aromatic heterocycles. The molecule has 0 aliphatic carbocycles. The van der Waals surface area contributed by atoms with Crippen LogP contribution in [0.3, 0.4) is 0 Å². The predicted octanol–water partition coefficient (Wildman–Crippen LogP) is 11.0. The minimum absolute atomic E-state index is 0.295. The van der Waals surface area contributed by atoms with Crippen molar-refractivity contribution in [2.75, 3.05) is 0 Å². The third kappa shape index (κ3) is 7.20. The molecule has 0 spiro atoms. The second-order valence-electron chi connectivity index (χ2n) is 13.5. The molecule has 238 valence electrons. The molecule has 3 heterocycles. The molecule has 0 bridgehead atoms. The van der Waals surface area contributed by atoms with Gasteiger partial charge in [0.2, 0.25) is 0 Å². The normalized spacial score (nSPS) is 15.2. The Kier molecular flexibility index (Phi) is 10.3. The first kappa shape index (κ1) is 33.8. The second kappa shape index (κ2) is 14.0. The number of fused-ring (bicyclic) bond motifs is 2. The molecular weight excluding hydrogens is 631 g/mol. The highest BCUT2D eigenvalue weighted by Crippen LogP contribution is 2.37. The molecule has 4 aromatic carbocycles. The van der Waals surface area contributed by atoms with Crippen molar-refractivity contribution in [3.63, 3.8) is 0 Å².